The summed E-state index contributed by atoms with van der Waals surface area (Å²) in [6.07, 6.45) is 4.86. The number of unbranched alkanes of at least 4 members (excludes halogenated alkanes) is 2. The molecule has 0 radical (unpaired) electrons. The van der Waals surface area contributed by atoms with Crippen molar-refractivity contribution in [1.29, 1.82) is 0 Å². The Hall–Kier alpha value is 0.177. The largest absolute Gasteiger partial charge is 0.431 e. The summed E-state index contributed by atoms with van der Waals surface area (Å²) in [5, 5.41) is 0. The van der Waals surface area contributed by atoms with Gasteiger partial charge in [0.25, 0.3) is 0 Å². The summed E-state index contributed by atoms with van der Waals surface area (Å²) in [4.78, 5) is 10.5. The zero-order valence-corrected chi connectivity index (χ0v) is 10.8. The molecular formula is C11H26OSi. The highest BCUT2D eigenvalue weighted by atomic mass is 28.4. The van der Waals surface area contributed by atoms with Gasteiger partial charge in [-0.3, -0.25) is 0 Å². The molecule has 0 spiro atoms. The van der Waals surface area contributed by atoms with E-state index in [2.05, 4.69) is 27.7 Å². The molecule has 0 aliphatic rings. The molecule has 0 aromatic rings. The van der Waals surface area contributed by atoms with Gasteiger partial charge in [0.05, 0.1) is 0 Å². The summed E-state index contributed by atoms with van der Waals surface area (Å²) >= 11 is 0. The molecular weight excluding hydrogens is 176 g/mol. The molecule has 1 nitrogen and oxygen atoms in total. The smallest absolute Gasteiger partial charge is 0.191 e. The Kier molecular flexibility index (Phi) is 6.69. The molecule has 0 saturated carbocycles. The first-order valence-electron chi connectivity index (χ1n) is 5.79. The fourth-order valence-corrected chi connectivity index (χ4v) is 5.00. The highest BCUT2D eigenvalue weighted by Gasteiger charge is 2.32. The van der Waals surface area contributed by atoms with E-state index in [9.17, 15) is 4.80 Å². The zero-order valence-electron chi connectivity index (χ0n) is 9.77. The SMILES string of the molecule is CCCC[Si](O)(CCCC)C(C)C. The van der Waals surface area contributed by atoms with Gasteiger partial charge < -0.3 is 4.80 Å². The number of hydrogen-bond donors (Lipinski definition) is 1. The van der Waals surface area contributed by atoms with Crippen molar-refractivity contribution in [1.82, 2.24) is 0 Å². The lowest BCUT2D eigenvalue weighted by Crippen LogP contribution is -2.37. The van der Waals surface area contributed by atoms with Crippen LogP contribution in [0.2, 0.25) is 17.6 Å². The Morgan fingerprint density at radius 1 is 1.00 bits per heavy atom. The molecule has 80 valence electrons. The van der Waals surface area contributed by atoms with Crippen LogP contribution in [0, 0.1) is 0 Å². The third-order valence-electron chi connectivity index (χ3n) is 3.00. The van der Waals surface area contributed by atoms with E-state index in [0.29, 0.717) is 5.54 Å². The van der Waals surface area contributed by atoms with Crippen LogP contribution < -0.4 is 0 Å². The van der Waals surface area contributed by atoms with E-state index in [1.54, 1.807) is 0 Å². The predicted molar refractivity (Wildman–Crippen MR) is 62.5 cm³/mol. The van der Waals surface area contributed by atoms with Crippen molar-refractivity contribution in [3.8, 4) is 0 Å². The molecule has 0 aliphatic carbocycles. The van der Waals surface area contributed by atoms with E-state index in [0.717, 1.165) is 12.1 Å². The molecule has 0 bridgehead atoms. The summed E-state index contributed by atoms with van der Waals surface area (Å²) in [6.45, 7) is 8.79. The first-order valence-corrected chi connectivity index (χ1v) is 8.23. The standard InChI is InChI=1S/C11H26OSi/c1-5-7-9-13(12,11(3)4)10-8-6-2/h11-12H,5-10H2,1-4H3. The summed E-state index contributed by atoms with van der Waals surface area (Å²) in [7, 11) is -1.87. The van der Waals surface area contributed by atoms with E-state index in [1.807, 2.05) is 0 Å². The van der Waals surface area contributed by atoms with Crippen molar-refractivity contribution in [2.45, 2.75) is 71.0 Å². The molecule has 0 saturated heterocycles. The average molecular weight is 202 g/mol. The Balaban J connectivity index is 4.00. The minimum Gasteiger partial charge on any atom is -0.431 e. The van der Waals surface area contributed by atoms with Crippen LogP contribution in [0.1, 0.15) is 53.4 Å². The molecule has 0 atom stereocenters. The molecule has 0 heterocycles. The van der Waals surface area contributed by atoms with Crippen LogP contribution in [0.4, 0.5) is 0 Å². The van der Waals surface area contributed by atoms with E-state index in [4.69, 9.17) is 0 Å². The predicted octanol–water partition coefficient (Wildman–Crippen LogP) is 3.93. The van der Waals surface area contributed by atoms with Crippen LogP contribution in [-0.4, -0.2) is 13.1 Å². The molecule has 0 amide bonds. The Morgan fingerprint density at radius 3 is 1.62 bits per heavy atom. The first kappa shape index (κ1) is 13.2. The molecule has 1 N–H and O–H groups in total. The summed E-state index contributed by atoms with van der Waals surface area (Å²) in [6, 6.07) is 2.22. The monoisotopic (exact) mass is 202 g/mol. The van der Waals surface area contributed by atoms with Crippen molar-refractivity contribution in [2.75, 3.05) is 0 Å². The Morgan fingerprint density at radius 2 is 1.38 bits per heavy atom. The maximum atomic E-state index is 10.5. The van der Waals surface area contributed by atoms with Crippen molar-refractivity contribution in [3.05, 3.63) is 0 Å². The van der Waals surface area contributed by atoms with Gasteiger partial charge in [0.15, 0.2) is 8.32 Å². The first-order chi connectivity index (χ1) is 6.06. The molecule has 0 aliphatic heterocycles. The van der Waals surface area contributed by atoms with Crippen LogP contribution in [-0.2, 0) is 0 Å². The van der Waals surface area contributed by atoms with E-state index >= 15 is 0 Å². The van der Waals surface area contributed by atoms with Crippen molar-refractivity contribution in [2.24, 2.45) is 0 Å². The Labute approximate surface area is 84.7 Å². The van der Waals surface area contributed by atoms with Crippen LogP contribution >= 0.6 is 0 Å². The lowest BCUT2D eigenvalue weighted by molar-refractivity contribution is 0.497. The number of rotatable bonds is 7. The highest BCUT2D eigenvalue weighted by Crippen LogP contribution is 2.29. The fraction of sp³-hybridized carbons (Fsp3) is 1.00. The third kappa shape index (κ3) is 4.82. The normalized spacial score (nSPS) is 12.5. The topological polar surface area (TPSA) is 20.2 Å². The molecule has 0 aromatic carbocycles. The number of hydrogen-bond acceptors (Lipinski definition) is 1. The quantitative estimate of drug-likeness (QED) is 0.620. The van der Waals surface area contributed by atoms with Crippen molar-refractivity contribution < 1.29 is 4.80 Å². The highest BCUT2D eigenvalue weighted by molar-refractivity contribution is 6.73. The van der Waals surface area contributed by atoms with Crippen LogP contribution in [0.25, 0.3) is 0 Å². The van der Waals surface area contributed by atoms with Crippen LogP contribution in [0.5, 0.6) is 0 Å². The van der Waals surface area contributed by atoms with Gasteiger partial charge >= 0.3 is 0 Å². The van der Waals surface area contributed by atoms with Crippen LogP contribution in [0.3, 0.4) is 0 Å². The minimum absolute atomic E-state index is 0.533. The van der Waals surface area contributed by atoms with Crippen molar-refractivity contribution >= 4 is 8.32 Å². The second kappa shape index (κ2) is 6.60. The van der Waals surface area contributed by atoms with Gasteiger partial charge in [-0.2, -0.15) is 0 Å². The third-order valence-corrected chi connectivity index (χ3v) is 7.59. The fourth-order valence-electron chi connectivity index (χ4n) is 1.67. The summed E-state index contributed by atoms with van der Waals surface area (Å²) in [5.41, 5.74) is 0.533. The van der Waals surface area contributed by atoms with Gasteiger partial charge in [0, 0.05) is 0 Å². The zero-order chi connectivity index (χ0) is 10.3. The lowest BCUT2D eigenvalue weighted by atomic mass is 10.4. The van der Waals surface area contributed by atoms with Crippen molar-refractivity contribution in [3.63, 3.8) is 0 Å². The molecule has 0 fully saturated rings. The van der Waals surface area contributed by atoms with Gasteiger partial charge in [0.2, 0.25) is 0 Å². The molecule has 0 aromatic heterocycles. The second-order valence-electron chi connectivity index (χ2n) is 4.47. The Bertz CT molecular complexity index is 115. The van der Waals surface area contributed by atoms with Gasteiger partial charge in [-0.05, 0) is 17.6 Å². The minimum atomic E-state index is -1.87. The van der Waals surface area contributed by atoms with Gasteiger partial charge in [0.1, 0.15) is 0 Å². The molecule has 13 heavy (non-hydrogen) atoms. The lowest BCUT2D eigenvalue weighted by Gasteiger charge is -2.29. The maximum absolute atomic E-state index is 10.5. The molecule has 0 rings (SSSR count). The average Bonchev–Trinajstić information content (AvgIpc) is 2.11. The summed E-state index contributed by atoms with van der Waals surface area (Å²) < 4.78 is 0. The van der Waals surface area contributed by atoms with Crippen LogP contribution in [0.15, 0.2) is 0 Å². The molecule has 2 heteroatoms. The van der Waals surface area contributed by atoms with E-state index in [1.165, 1.54) is 25.7 Å². The van der Waals surface area contributed by atoms with Gasteiger partial charge in [-0.1, -0.05) is 53.4 Å². The van der Waals surface area contributed by atoms with Gasteiger partial charge in [-0.15, -0.1) is 0 Å². The second-order valence-corrected chi connectivity index (χ2v) is 8.83. The summed E-state index contributed by atoms with van der Waals surface area (Å²) in [5.74, 6) is 0. The molecule has 0 unspecified atom stereocenters. The van der Waals surface area contributed by atoms with Gasteiger partial charge in [-0.25, -0.2) is 0 Å². The maximum Gasteiger partial charge on any atom is 0.191 e. The van der Waals surface area contributed by atoms with E-state index < -0.39 is 8.32 Å². The van der Waals surface area contributed by atoms with E-state index in [-0.39, 0.29) is 0 Å².